The predicted octanol–water partition coefficient (Wildman–Crippen LogP) is 14.7. The van der Waals surface area contributed by atoms with Gasteiger partial charge in [0.15, 0.2) is 0 Å². The summed E-state index contributed by atoms with van der Waals surface area (Å²) in [6, 6.07) is 14.3. The summed E-state index contributed by atoms with van der Waals surface area (Å²) in [4.78, 5) is 0. The third-order valence-electron chi connectivity index (χ3n) is 14.9. The number of hydrogen-bond acceptors (Lipinski definition) is 3. The second-order valence-corrected chi connectivity index (χ2v) is 18.9. The van der Waals surface area contributed by atoms with E-state index >= 15 is 0 Å². The van der Waals surface area contributed by atoms with Crippen molar-refractivity contribution >= 4 is 22.4 Å². The molecule has 10 rings (SSSR count). The van der Waals surface area contributed by atoms with E-state index < -0.39 is 0 Å². The lowest BCUT2D eigenvalue weighted by Gasteiger charge is -2.36. The highest BCUT2D eigenvalue weighted by Crippen LogP contribution is 2.46. The maximum atomic E-state index is 11.7. The van der Waals surface area contributed by atoms with Crippen molar-refractivity contribution in [2.45, 2.75) is 121 Å². The summed E-state index contributed by atoms with van der Waals surface area (Å²) in [5.41, 5.74) is 15.8. The Morgan fingerprint density at radius 3 is 2.46 bits per heavy atom. The molecule has 0 heterocycles. The summed E-state index contributed by atoms with van der Waals surface area (Å²) in [6.07, 6.45) is 58.1. The number of aromatic hydroxyl groups is 1. The molecule has 3 nitrogen and oxygen atoms in total. The summed E-state index contributed by atoms with van der Waals surface area (Å²) in [7, 11) is 0. The van der Waals surface area contributed by atoms with Gasteiger partial charge in [0.1, 0.15) is 5.75 Å². The van der Waals surface area contributed by atoms with Crippen LogP contribution in [-0.2, 0) is 0 Å². The number of anilines is 1. The summed E-state index contributed by atoms with van der Waals surface area (Å²) >= 11 is 0. The van der Waals surface area contributed by atoms with Gasteiger partial charge in [-0.15, -0.1) is 0 Å². The standard InChI is InChI=1S/C58H64N2O/c61-58-53(43-15-4-1-5-16-43)24-13-25-54(58)49-31-34-52(57(39-49)59-50-22-8-3-9-23-50)48-21-12-20-45(36-48)41-26-28-42(29-27-41)47-32-35-56(55(38-47)44-17-6-2-7-18-44)60-51-33-30-40-14-10-11-19-46(40)37-51/h2-4,6,8-9,13,15-17,20,22,24-26,28-30,32-33,35-36,38,40-41,46,49-51,59-61H,1,5,7,10-12,14,18-19,21,23,27,31,34,37,39H2. The fraction of sp³-hybridized carbons (Fsp3) is 0.379. The average Bonchev–Trinajstić information content (AvgIpc) is 3.33. The van der Waals surface area contributed by atoms with Gasteiger partial charge in [-0.3, -0.25) is 0 Å². The van der Waals surface area contributed by atoms with Crippen molar-refractivity contribution in [3.8, 4) is 5.75 Å². The van der Waals surface area contributed by atoms with Crippen LogP contribution in [0.25, 0.3) is 16.7 Å². The molecule has 2 aromatic rings. The minimum atomic E-state index is 0.274. The summed E-state index contributed by atoms with van der Waals surface area (Å²) in [5.74, 6) is 2.75. The highest BCUT2D eigenvalue weighted by molar-refractivity contribution is 5.84. The molecular weight excluding hydrogens is 741 g/mol. The molecule has 3 N–H and O–H groups in total. The van der Waals surface area contributed by atoms with Gasteiger partial charge in [-0.25, -0.2) is 0 Å². The number of phenolic OH excluding ortho intramolecular Hbond substituents is 1. The topological polar surface area (TPSA) is 44.3 Å². The van der Waals surface area contributed by atoms with E-state index in [2.05, 4.69) is 150 Å². The molecular formula is C58H64N2O. The van der Waals surface area contributed by atoms with Crippen LogP contribution >= 0.6 is 0 Å². The number of phenols is 1. The van der Waals surface area contributed by atoms with Gasteiger partial charge in [-0.1, -0.05) is 140 Å². The Morgan fingerprint density at radius 1 is 0.656 bits per heavy atom. The van der Waals surface area contributed by atoms with Crippen LogP contribution in [0.2, 0.25) is 0 Å². The average molecular weight is 805 g/mol. The van der Waals surface area contributed by atoms with E-state index in [0.29, 0.717) is 23.8 Å². The monoisotopic (exact) mass is 805 g/mol. The predicted molar refractivity (Wildman–Crippen MR) is 258 cm³/mol. The molecule has 1 saturated carbocycles. The first-order chi connectivity index (χ1) is 30.1. The Kier molecular flexibility index (Phi) is 12.0. The Labute approximate surface area is 365 Å². The molecule has 8 aliphatic rings. The van der Waals surface area contributed by atoms with Crippen LogP contribution in [-0.4, -0.2) is 17.2 Å². The molecule has 3 heteroatoms. The first-order valence-electron chi connectivity index (χ1n) is 23.9. The fourth-order valence-corrected chi connectivity index (χ4v) is 11.6. The number of fused-ring (bicyclic) bond motifs is 1. The second kappa shape index (κ2) is 18.4. The molecule has 0 bridgehead atoms. The fourth-order valence-electron chi connectivity index (χ4n) is 11.6. The van der Waals surface area contributed by atoms with Crippen molar-refractivity contribution in [1.29, 1.82) is 0 Å². The molecule has 0 saturated heterocycles. The molecule has 1 fully saturated rings. The zero-order valence-corrected chi connectivity index (χ0v) is 36.0. The Balaban J connectivity index is 0.873. The van der Waals surface area contributed by atoms with Gasteiger partial charge >= 0.3 is 0 Å². The van der Waals surface area contributed by atoms with Crippen LogP contribution in [0.1, 0.15) is 131 Å². The van der Waals surface area contributed by atoms with Gasteiger partial charge in [0.2, 0.25) is 0 Å². The maximum Gasteiger partial charge on any atom is 0.126 e. The van der Waals surface area contributed by atoms with Gasteiger partial charge in [-0.2, -0.15) is 0 Å². The van der Waals surface area contributed by atoms with Crippen LogP contribution in [0.15, 0.2) is 162 Å². The molecule has 2 aromatic carbocycles. The van der Waals surface area contributed by atoms with Crippen molar-refractivity contribution < 1.29 is 5.11 Å². The molecule has 8 aliphatic carbocycles. The lowest BCUT2D eigenvalue weighted by Crippen LogP contribution is -2.31. The summed E-state index contributed by atoms with van der Waals surface area (Å²) in [5, 5.41) is 19.7. The van der Waals surface area contributed by atoms with Crippen molar-refractivity contribution in [3.05, 3.63) is 184 Å². The first kappa shape index (κ1) is 39.8. The van der Waals surface area contributed by atoms with E-state index in [1.54, 1.807) is 0 Å². The Hall–Kier alpha value is -5.28. The largest absolute Gasteiger partial charge is 0.507 e. The minimum Gasteiger partial charge on any atom is -0.507 e. The van der Waals surface area contributed by atoms with Crippen molar-refractivity contribution in [2.75, 3.05) is 5.32 Å². The smallest absolute Gasteiger partial charge is 0.126 e. The minimum absolute atomic E-state index is 0.274. The quantitative estimate of drug-likeness (QED) is 0.210. The van der Waals surface area contributed by atoms with Gasteiger partial charge in [0.25, 0.3) is 0 Å². The number of hydrogen-bond donors (Lipinski definition) is 3. The van der Waals surface area contributed by atoms with Crippen LogP contribution in [0.5, 0.6) is 5.75 Å². The van der Waals surface area contributed by atoms with Crippen molar-refractivity contribution in [3.63, 3.8) is 0 Å². The van der Waals surface area contributed by atoms with Crippen LogP contribution in [0.4, 0.5) is 5.69 Å². The van der Waals surface area contributed by atoms with Crippen molar-refractivity contribution in [2.24, 2.45) is 17.8 Å². The first-order valence-corrected chi connectivity index (χ1v) is 23.9. The van der Waals surface area contributed by atoms with Gasteiger partial charge in [0, 0.05) is 40.5 Å². The summed E-state index contributed by atoms with van der Waals surface area (Å²) in [6.45, 7) is 0. The number of rotatable bonds is 10. The number of nitrogens with one attached hydrogen (secondary N) is 2. The summed E-state index contributed by atoms with van der Waals surface area (Å²) < 4.78 is 0. The number of para-hydroxylation sites is 1. The molecule has 312 valence electrons. The molecule has 6 atom stereocenters. The normalized spacial score (nSPS) is 28.4. The molecule has 0 aromatic heterocycles. The highest BCUT2D eigenvalue weighted by atomic mass is 16.3. The lowest BCUT2D eigenvalue weighted by atomic mass is 9.73. The SMILES string of the molecule is Oc1c(C2=CCCC=C2)cccc1C1CCC(C2=CC(C3C=CC(c4ccc(NC5C=CC6CCCCC6C5)c(C5=CC=CCC5)c4)=CC3)=CCC2)=C(NC2C=CC=CC2)C1. The van der Waals surface area contributed by atoms with Crippen LogP contribution in [0.3, 0.4) is 0 Å². The van der Waals surface area contributed by atoms with E-state index in [-0.39, 0.29) is 5.92 Å². The van der Waals surface area contributed by atoms with E-state index in [1.807, 2.05) is 0 Å². The Morgan fingerprint density at radius 2 is 1.61 bits per heavy atom. The number of allylic oxidation sites excluding steroid dienone is 21. The Bertz CT molecular complexity index is 2380. The van der Waals surface area contributed by atoms with Crippen LogP contribution in [0, 0.1) is 17.8 Å². The van der Waals surface area contributed by atoms with E-state index in [9.17, 15) is 5.11 Å². The van der Waals surface area contributed by atoms with E-state index in [0.717, 1.165) is 99.2 Å². The molecule has 0 radical (unpaired) electrons. The highest BCUT2D eigenvalue weighted by Gasteiger charge is 2.31. The maximum absolute atomic E-state index is 11.7. The van der Waals surface area contributed by atoms with Crippen molar-refractivity contribution in [1.82, 2.24) is 5.32 Å². The van der Waals surface area contributed by atoms with E-state index in [1.165, 1.54) is 82.5 Å². The molecule has 61 heavy (non-hydrogen) atoms. The molecule has 0 spiro atoms. The van der Waals surface area contributed by atoms with E-state index in [4.69, 9.17) is 0 Å². The van der Waals surface area contributed by atoms with Gasteiger partial charge < -0.3 is 15.7 Å². The van der Waals surface area contributed by atoms with Gasteiger partial charge in [-0.05, 0) is 164 Å². The zero-order valence-electron chi connectivity index (χ0n) is 36.0. The molecule has 0 aliphatic heterocycles. The number of benzene rings is 2. The second-order valence-electron chi connectivity index (χ2n) is 18.9. The zero-order chi connectivity index (χ0) is 41.0. The molecule has 6 unspecified atom stereocenters. The lowest BCUT2D eigenvalue weighted by molar-refractivity contribution is 0.253. The third-order valence-corrected chi connectivity index (χ3v) is 14.9. The van der Waals surface area contributed by atoms with Crippen LogP contribution < -0.4 is 10.6 Å². The third kappa shape index (κ3) is 8.90. The molecule has 0 amide bonds. The van der Waals surface area contributed by atoms with Gasteiger partial charge in [0.05, 0.1) is 0 Å².